The fraction of sp³-hybridized carbons (Fsp3) is 0.412. The van der Waals surface area contributed by atoms with Crippen LogP contribution in [-0.4, -0.2) is 6.54 Å². The van der Waals surface area contributed by atoms with Crippen molar-refractivity contribution in [2.75, 3.05) is 6.54 Å². The Hall–Kier alpha value is -1.19. The van der Waals surface area contributed by atoms with Gasteiger partial charge in [0, 0.05) is 9.75 Å². The molecule has 0 fully saturated rings. The Morgan fingerprint density at radius 3 is 2.45 bits per heavy atom. The molecule has 1 N–H and O–H groups in total. The molecule has 0 bridgehead atoms. The highest BCUT2D eigenvalue weighted by molar-refractivity contribution is 7.12. The fourth-order valence-corrected chi connectivity index (χ4v) is 3.54. The van der Waals surface area contributed by atoms with Gasteiger partial charge in [0.15, 0.2) is 0 Å². The summed E-state index contributed by atoms with van der Waals surface area (Å²) in [6.45, 7) is 9.39. The van der Waals surface area contributed by atoms with Crippen LogP contribution in [0.25, 0.3) is 0 Å². The number of hydrogen-bond acceptors (Lipinski definition) is 2. The molecule has 2 rings (SSSR count). The Morgan fingerprint density at radius 1 is 1.15 bits per heavy atom. The molecule has 0 radical (unpaired) electrons. The van der Waals surface area contributed by atoms with Gasteiger partial charge in [-0.25, -0.2) is 4.39 Å². The number of benzene rings is 1. The molecule has 0 spiro atoms. The summed E-state index contributed by atoms with van der Waals surface area (Å²) in [4.78, 5) is 2.65. The predicted octanol–water partition coefficient (Wildman–Crippen LogP) is 4.90. The Kier molecular flexibility index (Phi) is 4.95. The van der Waals surface area contributed by atoms with E-state index in [0.29, 0.717) is 0 Å². The van der Waals surface area contributed by atoms with Crippen LogP contribution in [0.4, 0.5) is 4.39 Å². The van der Waals surface area contributed by atoms with E-state index in [-0.39, 0.29) is 11.9 Å². The third kappa shape index (κ3) is 3.28. The van der Waals surface area contributed by atoms with Gasteiger partial charge < -0.3 is 5.32 Å². The maximum Gasteiger partial charge on any atom is 0.123 e. The van der Waals surface area contributed by atoms with Gasteiger partial charge in [-0.05, 0) is 68.6 Å². The van der Waals surface area contributed by atoms with Gasteiger partial charge in [0.2, 0.25) is 0 Å². The second-order valence-corrected chi connectivity index (χ2v) is 6.72. The van der Waals surface area contributed by atoms with E-state index in [1.54, 1.807) is 12.1 Å². The number of hydrogen-bond donors (Lipinski definition) is 1. The molecule has 108 valence electrons. The highest BCUT2D eigenvalue weighted by Crippen LogP contribution is 2.32. The zero-order valence-corrected chi connectivity index (χ0v) is 13.4. The molecule has 1 nitrogen and oxygen atoms in total. The van der Waals surface area contributed by atoms with Crippen LogP contribution in [0.2, 0.25) is 0 Å². The molecule has 0 amide bonds. The van der Waals surface area contributed by atoms with Gasteiger partial charge in [0.1, 0.15) is 5.82 Å². The SMILES string of the molecule is CCCNC(c1ccc(F)cc1C)c1cc(C)sc1C. The largest absolute Gasteiger partial charge is 0.306 e. The first kappa shape index (κ1) is 15.2. The lowest BCUT2D eigenvalue weighted by Gasteiger charge is -2.21. The minimum Gasteiger partial charge on any atom is -0.306 e. The van der Waals surface area contributed by atoms with Crippen LogP contribution in [0, 0.1) is 26.6 Å². The zero-order chi connectivity index (χ0) is 14.7. The minimum absolute atomic E-state index is 0.153. The maximum absolute atomic E-state index is 13.3. The Morgan fingerprint density at radius 2 is 1.90 bits per heavy atom. The highest BCUT2D eigenvalue weighted by Gasteiger charge is 2.19. The van der Waals surface area contributed by atoms with E-state index in [9.17, 15) is 4.39 Å². The number of halogens is 1. The molecule has 1 heterocycles. The summed E-state index contributed by atoms with van der Waals surface area (Å²) >= 11 is 1.82. The second kappa shape index (κ2) is 6.51. The third-order valence-corrected chi connectivity index (χ3v) is 4.51. The molecular formula is C17H22FNS. The van der Waals surface area contributed by atoms with E-state index in [1.165, 1.54) is 20.9 Å². The van der Waals surface area contributed by atoms with E-state index >= 15 is 0 Å². The summed E-state index contributed by atoms with van der Waals surface area (Å²) < 4.78 is 13.3. The lowest BCUT2D eigenvalue weighted by molar-refractivity contribution is 0.589. The molecule has 1 atom stereocenters. The lowest BCUT2D eigenvalue weighted by atomic mass is 9.95. The average molecular weight is 291 g/mol. The topological polar surface area (TPSA) is 12.0 Å². The fourth-order valence-electron chi connectivity index (χ4n) is 2.58. The molecular weight excluding hydrogens is 269 g/mol. The van der Waals surface area contributed by atoms with Gasteiger partial charge in [0.05, 0.1) is 6.04 Å². The van der Waals surface area contributed by atoms with Crippen LogP contribution in [0.5, 0.6) is 0 Å². The van der Waals surface area contributed by atoms with Gasteiger partial charge >= 0.3 is 0 Å². The summed E-state index contributed by atoms with van der Waals surface area (Å²) in [5, 5.41) is 3.60. The first-order valence-electron chi connectivity index (χ1n) is 7.09. The first-order valence-corrected chi connectivity index (χ1v) is 7.91. The number of thiophene rings is 1. The monoisotopic (exact) mass is 291 g/mol. The van der Waals surface area contributed by atoms with Crippen molar-refractivity contribution in [3.63, 3.8) is 0 Å². The zero-order valence-electron chi connectivity index (χ0n) is 12.6. The molecule has 0 saturated heterocycles. The molecule has 1 aromatic heterocycles. The molecule has 0 aliphatic carbocycles. The van der Waals surface area contributed by atoms with Crippen molar-refractivity contribution in [2.45, 2.75) is 40.2 Å². The summed E-state index contributed by atoms with van der Waals surface area (Å²) in [6, 6.07) is 7.48. The predicted molar refractivity (Wildman–Crippen MR) is 85.1 cm³/mol. The second-order valence-electron chi connectivity index (χ2n) is 5.26. The van der Waals surface area contributed by atoms with Gasteiger partial charge in [-0.1, -0.05) is 13.0 Å². The van der Waals surface area contributed by atoms with Crippen LogP contribution in [0.1, 0.15) is 45.8 Å². The summed E-state index contributed by atoms with van der Waals surface area (Å²) in [7, 11) is 0. The van der Waals surface area contributed by atoms with Crippen molar-refractivity contribution in [1.29, 1.82) is 0 Å². The van der Waals surface area contributed by atoms with Crippen molar-refractivity contribution >= 4 is 11.3 Å². The summed E-state index contributed by atoms with van der Waals surface area (Å²) in [6.07, 6.45) is 1.08. The summed E-state index contributed by atoms with van der Waals surface area (Å²) in [5.74, 6) is -0.168. The number of aryl methyl sites for hydroxylation is 3. The molecule has 1 unspecified atom stereocenters. The third-order valence-electron chi connectivity index (χ3n) is 3.53. The molecule has 3 heteroatoms. The smallest absolute Gasteiger partial charge is 0.123 e. The van der Waals surface area contributed by atoms with Crippen molar-refractivity contribution in [1.82, 2.24) is 5.32 Å². The van der Waals surface area contributed by atoms with Crippen LogP contribution >= 0.6 is 11.3 Å². The molecule has 20 heavy (non-hydrogen) atoms. The van der Waals surface area contributed by atoms with Crippen LogP contribution < -0.4 is 5.32 Å². The molecule has 1 aromatic carbocycles. The Bertz CT molecular complexity index is 589. The van der Waals surface area contributed by atoms with Crippen molar-refractivity contribution < 1.29 is 4.39 Å². The first-order chi connectivity index (χ1) is 9.52. The van der Waals surface area contributed by atoms with Crippen molar-refractivity contribution in [2.24, 2.45) is 0 Å². The number of rotatable bonds is 5. The average Bonchev–Trinajstić information content (AvgIpc) is 2.71. The highest BCUT2D eigenvalue weighted by atomic mass is 32.1. The van der Waals surface area contributed by atoms with Crippen LogP contribution in [0.15, 0.2) is 24.3 Å². The Balaban J connectivity index is 2.44. The van der Waals surface area contributed by atoms with Crippen molar-refractivity contribution in [3.05, 3.63) is 56.5 Å². The van der Waals surface area contributed by atoms with Gasteiger partial charge in [-0.2, -0.15) is 0 Å². The van der Waals surface area contributed by atoms with Crippen molar-refractivity contribution in [3.8, 4) is 0 Å². The standard InChI is InChI=1S/C17H22FNS/c1-5-8-19-17(16-10-12(3)20-13(16)4)15-7-6-14(18)9-11(15)2/h6-7,9-10,17,19H,5,8H2,1-4H3. The Labute approximate surface area is 124 Å². The van der Waals surface area contributed by atoms with E-state index in [0.717, 1.165) is 18.5 Å². The normalized spacial score (nSPS) is 12.7. The van der Waals surface area contributed by atoms with Gasteiger partial charge in [0.25, 0.3) is 0 Å². The number of nitrogens with one attached hydrogen (secondary N) is 1. The summed E-state index contributed by atoms with van der Waals surface area (Å²) in [5.41, 5.74) is 3.48. The van der Waals surface area contributed by atoms with Gasteiger partial charge in [-0.3, -0.25) is 0 Å². The van der Waals surface area contributed by atoms with E-state index in [1.807, 2.05) is 24.3 Å². The van der Waals surface area contributed by atoms with E-state index in [4.69, 9.17) is 0 Å². The lowest BCUT2D eigenvalue weighted by Crippen LogP contribution is -2.24. The molecule has 0 aliphatic rings. The van der Waals surface area contributed by atoms with Gasteiger partial charge in [-0.15, -0.1) is 11.3 Å². The quantitative estimate of drug-likeness (QED) is 0.826. The minimum atomic E-state index is -0.168. The molecule has 0 aliphatic heterocycles. The molecule has 2 aromatic rings. The maximum atomic E-state index is 13.3. The van der Waals surface area contributed by atoms with E-state index < -0.39 is 0 Å². The van der Waals surface area contributed by atoms with Crippen LogP contribution in [0.3, 0.4) is 0 Å². The van der Waals surface area contributed by atoms with Crippen LogP contribution in [-0.2, 0) is 0 Å². The van der Waals surface area contributed by atoms with E-state index in [2.05, 4.69) is 32.2 Å². The molecule has 0 saturated carbocycles.